The van der Waals surface area contributed by atoms with Crippen LogP contribution in [0.3, 0.4) is 0 Å². The van der Waals surface area contributed by atoms with Crippen molar-refractivity contribution in [2.45, 2.75) is 81.8 Å². The molecule has 2 fully saturated rings. The number of fused-ring (bicyclic) bond motifs is 2. The number of pyridine rings is 2. The van der Waals surface area contributed by atoms with Crippen LogP contribution in [0.25, 0.3) is 39.5 Å². The fourth-order valence-corrected chi connectivity index (χ4v) is 8.83. The first kappa shape index (κ1) is 40.2. The van der Waals surface area contributed by atoms with E-state index in [9.17, 15) is 24.0 Å². The number of amides is 5. The minimum Gasteiger partial charge on any atom is -0.383 e. The number of benzene rings is 3. The van der Waals surface area contributed by atoms with Crippen molar-refractivity contribution in [3.05, 3.63) is 119 Å². The molecule has 0 spiro atoms. The number of aryl methyl sites for hydroxylation is 1. The van der Waals surface area contributed by atoms with E-state index in [1.54, 1.807) is 24.4 Å². The summed E-state index contributed by atoms with van der Waals surface area (Å²) >= 11 is 0. The topological polar surface area (TPSA) is 234 Å². The molecule has 9 rings (SSSR count). The third kappa shape index (κ3) is 7.55. The molecule has 1 saturated carbocycles. The highest BCUT2D eigenvalue weighted by Gasteiger charge is 2.45. The maximum absolute atomic E-state index is 13.8. The molecule has 0 bridgehead atoms. The number of aromatic nitrogens is 4. The minimum absolute atomic E-state index is 0.0284. The first-order valence-corrected chi connectivity index (χ1v) is 21.0. The Bertz CT molecular complexity index is 2780. The molecule has 62 heavy (non-hydrogen) atoms. The highest BCUT2D eigenvalue weighted by atomic mass is 16.2. The van der Waals surface area contributed by atoms with Gasteiger partial charge in [0, 0.05) is 47.6 Å². The van der Waals surface area contributed by atoms with E-state index in [0.717, 1.165) is 52.2 Å². The summed E-state index contributed by atoms with van der Waals surface area (Å²) in [7, 11) is 0. The first-order chi connectivity index (χ1) is 30.0. The summed E-state index contributed by atoms with van der Waals surface area (Å²) in [6, 6.07) is 27.7. The average Bonchev–Trinajstić information content (AvgIpc) is 3.76. The summed E-state index contributed by atoms with van der Waals surface area (Å²) in [5.41, 5.74) is 25.8. The number of primary amides is 1. The van der Waals surface area contributed by atoms with Gasteiger partial charge in [0.25, 0.3) is 11.8 Å². The van der Waals surface area contributed by atoms with Gasteiger partial charge in [0.1, 0.15) is 17.4 Å². The lowest BCUT2D eigenvalue weighted by atomic mass is 9.73. The van der Waals surface area contributed by atoms with Crippen LogP contribution in [0.15, 0.2) is 97.2 Å². The van der Waals surface area contributed by atoms with E-state index in [-0.39, 0.29) is 42.0 Å². The number of rotatable bonds is 14. The van der Waals surface area contributed by atoms with Crippen molar-refractivity contribution >= 4 is 52.2 Å². The van der Waals surface area contributed by atoms with E-state index in [1.807, 2.05) is 59.2 Å². The van der Waals surface area contributed by atoms with Crippen LogP contribution in [0.2, 0.25) is 0 Å². The van der Waals surface area contributed by atoms with Crippen LogP contribution in [0, 0.1) is 0 Å². The maximum Gasteiger partial charge on any atom is 0.264 e. The van der Waals surface area contributed by atoms with Gasteiger partial charge in [-0.25, -0.2) is 15.0 Å². The van der Waals surface area contributed by atoms with E-state index in [4.69, 9.17) is 27.2 Å². The summed E-state index contributed by atoms with van der Waals surface area (Å²) in [6.07, 6.45) is 7.28. The second-order valence-corrected chi connectivity index (χ2v) is 16.4. The molecule has 1 saturated heterocycles. The molecule has 1 aliphatic carbocycles. The number of hydrogen-bond donors (Lipinski definition) is 5. The van der Waals surface area contributed by atoms with Crippen LogP contribution in [0.1, 0.15) is 89.6 Å². The van der Waals surface area contributed by atoms with Crippen LogP contribution < -0.4 is 27.8 Å². The fourth-order valence-electron chi connectivity index (χ4n) is 8.83. The van der Waals surface area contributed by atoms with Gasteiger partial charge in [-0.2, -0.15) is 0 Å². The second-order valence-electron chi connectivity index (χ2n) is 16.4. The smallest absolute Gasteiger partial charge is 0.264 e. The van der Waals surface area contributed by atoms with Crippen molar-refractivity contribution in [3.63, 3.8) is 0 Å². The van der Waals surface area contributed by atoms with Gasteiger partial charge in [-0.05, 0) is 117 Å². The molecule has 2 aliphatic heterocycles. The van der Waals surface area contributed by atoms with E-state index in [1.165, 1.54) is 0 Å². The Balaban J connectivity index is 0.989. The Morgan fingerprint density at radius 2 is 1.69 bits per heavy atom. The quantitative estimate of drug-likeness (QED) is 0.0855. The summed E-state index contributed by atoms with van der Waals surface area (Å²) < 4.78 is 2.01. The maximum atomic E-state index is 13.8. The minimum atomic E-state index is -1.08. The number of carbonyl (C=O) groups excluding carboxylic acids is 5. The molecule has 2 atom stereocenters. The fraction of sp³-hybridized carbons (Fsp3) is 0.277. The Kier molecular flexibility index (Phi) is 10.6. The van der Waals surface area contributed by atoms with Gasteiger partial charge in [0.2, 0.25) is 17.7 Å². The lowest BCUT2D eigenvalue weighted by molar-refractivity contribution is -0.136. The zero-order chi connectivity index (χ0) is 43.1. The standard InChI is InChI=1S/C47H46N10O5/c48-38(58)12-2-8-30(52-35-11-3-9-32-40(35)46(62)57(45(32)61)37-21-22-39(59)55-44(37)60)16-13-27-6-1-7-28(26-27)34-19-20-36-43(53-34)56(42(54-36)33-10-4-25-51-41(33)49)31-17-14-29(15-18-31)47(50)23-5-24-47/h1,3-4,6-7,9-11,14-15,17-20,25-26,30,37,52H,2,5,8,12-13,16,21-24,50H2,(H2,48,58)(H2,49,51)(H,55,59,60). The average molecular weight is 831 g/mol. The lowest BCUT2D eigenvalue weighted by Crippen LogP contribution is -2.54. The SMILES string of the molecule is NC(=O)CCCC(CCc1cccc(-c2ccc3nc(-c4cccnc4N)n(-c4ccc(C5(N)CCC5)cc4)c3n2)c1)Nc1cccc2c1C(=O)N(C1CCC(=O)NC1=O)C2=O. The molecule has 3 aromatic carbocycles. The number of nitrogens with two attached hydrogens (primary N) is 3. The van der Waals surface area contributed by atoms with E-state index in [0.29, 0.717) is 59.7 Å². The molecule has 314 valence electrons. The second kappa shape index (κ2) is 16.3. The number of carbonyl (C=O) groups is 5. The van der Waals surface area contributed by atoms with Crippen LogP contribution >= 0.6 is 0 Å². The van der Waals surface area contributed by atoms with Crippen LogP contribution in [-0.2, 0) is 26.3 Å². The zero-order valence-electron chi connectivity index (χ0n) is 34.0. The Morgan fingerprint density at radius 3 is 2.44 bits per heavy atom. The van der Waals surface area contributed by atoms with E-state index in [2.05, 4.69) is 33.8 Å². The van der Waals surface area contributed by atoms with Crippen LogP contribution in [0.5, 0.6) is 0 Å². The van der Waals surface area contributed by atoms with E-state index < -0.39 is 35.6 Å². The largest absolute Gasteiger partial charge is 0.383 e. The number of piperidine rings is 1. The molecule has 5 heterocycles. The molecule has 0 radical (unpaired) electrons. The number of nitrogen functional groups attached to an aromatic ring is 1. The molecule has 15 nitrogen and oxygen atoms in total. The van der Waals surface area contributed by atoms with Crippen molar-refractivity contribution in [1.82, 2.24) is 29.7 Å². The molecule has 3 aliphatic rings. The number of nitrogens with zero attached hydrogens (tertiary/aromatic N) is 5. The van der Waals surface area contributed by atoms with Crippen molar-refractivity contribution < 1.29 is 24.0 Å². The normalized spacial score (nSPS) is 17.4. The molecular weight excluding hydrogens is 785 g/mol. The van der Waals surface area contributed by atoms with Gasteiger partial charge in [-0.1, -0.05) is 36.4 Å². The van der Waals surface area contributed by atoms with Gasteiger partial charge in [0.05, 0.1) is 22.4 Å². The number of nitrogens with one attached hydrogen (secondary N) is 2. The van der Waals surface area contributed by atoms with Gasteiger partial charge in [-0.3, -0.25) is 38.8 Å². The summed E-state index contributed by atoms with van der Waals surface area (Å²) in [6.45, 7) is 0. The van der Waals surface area contributed by atoms with Crippen molar-refractivity contribution in [3.8, 4) is 28.3 Å². The highest BCUT2D eigenvalue weighted by molar-refractivity contribution is 6.25. The molecule has 2 unspecified atom stereocenters. The number of imidazole rings is 1. The summed E-state index contributed by atoms with van der Waals surface area (Å²) in [5.74, 6) is -1.71. The van der Waals surface area contributed by atoms with Gasteiger partial charge < -0.3 is 22.5 Å². The predicted octanol–water partition coefficient (Wildman–Crippen LogP) is 5.54. The van der Waals surface area contributed by atoms with Crippen molar-refractivity contribution in [2.24, 2.45) is 11.5 Å². The highest BCUT2D eigenvalue weighted by Crippen LogP contribution is 2.40. The third-order valence-corrected chi connectivity index (χ3v) is 12.3. The van der Waals surface area contributed by atoms with E-state index >= 15 is 0 Å². The van der Waals surface area contributed by atoms with Crippen LogP contribution in [0.4, 0.5) is 11.5 Å². The number of hydrogen-bond acceptors (Lipinski definition) is 11. The predicted molar refractivity (Wildman–Crippen MR) is 234 cm³/mol. The van der Waals surface area contributed by atoms with Crippen LogP contribution in [-0.4, -0.2) is 66.0 Å². The Morgan fingerprint density at radius 1 is 0.903 bits per heavy atom. The van der Waals surface area contributed by atoms with Gasteiger partial charge in [0.15, 0.2) is 11.5 Å². The molecule has 15 heteroatoms. The molecule has 3 aromatic heterocycles. The third-order valence-electron chi connectivity index (χ3n) is 12.3. The molecule has 6 aromatic rings. The summed E-state index contributed by atoms with van der Waals surface area (Å²) in [4.78, 5) is 79.1. The monoisotopic (exact) mass is 830 g/mol. The zero-order valence-corrected chi connectivity index (χ0v) is 34.0. The number of imide groups is 2. The lowest BCUT2D eigenvalue weighted by Gasteiger charge is -2.38. The van der Waals surface area contributed by atoms with Gasteiger partial charge >= 0.3 is 0 Å². The first-order valence-electron chi connectivity index (χ1n) is 21.0. The number of anilines is 2. The molecule has 5 amide bonds. The molecule has 8 N–H and O–H groups in total. The van der Waals surface area contributed by atoms with Crippen molar-refractivity contribution in [1.29, 1.82) is 0 Å². The Labute approximate surface area is 357 Å². The molecular formula is C47H46N10O5. The Hall–Kier alpha value is -7.26. The van der Waals surface area contributed by atoms with Gasteiger partial charge in [-0.15, -0.1) is 0 Å². The summed E-state index contributed by atoms with van der Waals surface area (Å²) in [5, 5.41) is 5.73. The van der Waals surface area contributed by atoms with Crippen molar-refractivity contribution in [2.75, 3.05) is 11.1 Å².